The lowest BCUT2D eigenvalue weighted by molar-refractivity contribution is -0.384. The molecular formula is C12H12N2O4. The summed E-state index contributed by atoms with van der Waals surface area (Å²) >= 11 is 0. The molecule has 18 heavy (non-hydrogen) atoms. The molecule has 6 heteroatoms. The molecule has 0 fully saturated rings. The van der Waals surface area contributed by atoms with Gasteiger partial charge in [0.25, 0.3) is 5.69 Å². The van der Waals surface area contributed by atoms with Crippen LogP contribution in [0.25, 0.3) is 0 Å². The lowest BCUT2D eigenvalue weighted by atomic mass is 10.2. The van der Waals surface area contributed by atoms with Crippen molar-refractivity contribution in [1.82, 2.24) is 5.32 Å². The number of non-ortho nitro benzene ring substituents is 1. The molecule has 94 valence electrons. The molecule has 0 aliphatic carbocycles. The van der Waals surface area contributed by atoms with Gasteiger partial charge in [0.2, 0.25) is 5.91 Å². The van der Waals surface area contributed by atoms with E-state index in [9.17, 15) is 14.9 Å². The van der Waals surface area contributed by atoms with Crippen LogP contribution in [0.1, 0.15) is 12.5 Å². The van der Waals surface area contributed by atoms with E-state index < -0.39 is 4.92 Å². The van der Waals surface area contributed by atoms with E-state index in [-0.39, 0.29) is 18.1 Å². The van der Waals surface area contributed by atoms with Crippen molar-refractivity contribution in [2.24, 2.45) is 0 Å². The molecule has 1 aromatic carbocycles. The predicted molar refractivity (Wildman–Crippen MR) is 65.2 cm³/mol. The van der Waals surface area contributed by atoms with E-state index in [0.717, 1.165) is 0 Å². The summed E-state index contributed by atoms with van der Waals surface area (Å²) in [7, 11) is 1.42. The highest BCUT2D eigenvalue weighted by Gasteiger charge is 2.08. The minimum absolute atomic E-state index is 0.0850. The van der Waals surface area contributed by atoms with Crippen molar-refractivity contribution in [2.45, 2.75) is 6.92 Å². The van der Waals surface area contributed by atoms with E-state index in [1.165, 1.54) is 26.2 Å². The lowest BCUT2D eigenvalue weighted by Gasteiger charge is -2.00. The van der Waals surface area contributed by atoms with Gasteiger partial charge in [-0.1, -0.05) is 11.8 Å². The largest absolute Gasteiger partial charge is 0.496 e. The molecule has 0 aromatic heterocycles. The molecule has 1 aromatic rings. The number of rotatable bonds is 3. The Hall–Kier alpha value is -2.55. The van der Waals surface area contributed by atoms with E-state index in [4.69, 9.17) is 4.74 Å². The van der Waals surface area contributed by atoms with Crippen LogP contribution in [0.2, 0.25) is 0 Å². The molecule has 0 heterocycles. The van der Waals surface area contributed by atoms with E-state index in [1.54, 1.807) is 6.07 Å². The fraction of sp³-hybridized carbons (Fsp3) is 0.250. The molecule has 0 aliphatic rings. The van der Waals surface area contributed by atoms with Crippen LogP contribution in [0.15, 0.2) is 18.2 Å². The fourth-order valence-electron chi connectivity index (χ4n) is 1.19. The second-order valence-corrected chi connectivity index (χ2v) is 3.39. The van der Waals surface area contributed by atoms with Crippen molar-refractivity contribution in [3.8, 4) is 17.6 Å². The first-order valence-corrected chi connectivity index (χ1v) is 5.09. The smallest absolute Gasteiger partial charge is 0.274 e. The van der Waals surface area contributed by atoms with E-state index >= 15 is 0 Å². The summed E-state index contributed by atoms with van der Waals surface area (Å²) < 4.78 is 4.95. The van der Waals surface area contributed by atoms with Crippen molar-refractivity contribution in [3.63, 3.8) is 0 Å². The zero-order chi connectivity index (χ0) is 13.5. The quantitative estimate of drug-likeness (QED) is 0.493. The molecule has 6 nitrogen and oxygen atoms in total. The summed E-state index contributed by atoms with van der Waals surface area (Å²) in [6.07, 6.45) is 0. The maximum Gasteiger partial charge on any atom is 0.274 e. The second kappa shape index (κ2) is 6.25. The van der Waals surface area contributed by atoms with Gasteiger partial charge in [-0.05, 0) is 6.07 Å². The summed E-state index contributed by atoms with van der Waals surface area (Å²) in [5.41, 5.74) is 0.379. The van der Waals surface area contributed by atoms with Crippen molar-refractivity contribution >= 4 is 11.6 Å². The van der Waals surface area contributed by atoms with Gasteiger partial charge < -0.3 is 10.1 Å². The number of nitrogens with zero attached hydrogens (tertiary/aromatic N) is 1. The third kappa shape index (κ3) is 4.14. The predicted octanol–water partition coefficient (Wildman–Crippen LogP) is 1.09. The molecule has 0 saturated heterocycles. The monoisotopic (exact) mass is 248 g/mol. The molecule has 1 amide bonds. The Kier molecular flexibility index (Phi) is 4.69. The van der Waals surface area contributed by atoms with E-state index in [0.29, 0.717) is 11.3 Å². The third-order valence-corrected chi connectivity index (χ3v) is 2.00. The van der Waals surface area contributed by atoms with Crippen LogP contribution < -0.4 is 10.1 Å². The molecule has 0 radical (unpaired) electrons. The van der Waals surface area contributed by atoms with Gasteiger partial charge in [0.05, 0.1) is 24.6 Å². The van der Waals surface area contributed by atoms with Gasteiger partial charge in [0.1, 0.15) is 5.75 Å². The number of amides is 1. The summed E-state index contributed by atoms with van der Waals surface area (Å²) in [6, 6.07) is 4.26. The highest BCUT2D eigenvalue weighted by molar-refractivity contribution is 5.73. The third-order valence-electron chi connectivity index (χ3n) is 2.00. The number of methoxy groups -OCH3 is 1. The Labute approximate surface area is 104 Å². The average Bonchev–Trinajstić information content (AvgIpc) is 2.34. The maximum atomic E-state index is 10.7. The van der Waals surface area contributed by atoms with E-state index in [1.807, 2.05) is 0 Å². The first-order valence-electron chi connectivity index (χ1n) is 5.09. The van der Waals surface area contributed by atoms with Crippen molar-refractivity contribution in [1.29, 1.82) is 0 Å². The molecule has 0 bridgehead atoms. The Bertz CT molecular complexity index is 529. The summed E-state index contributed by atoms with van der Waals surface area (Å²) in [5, 5.41) is 13.2. The number of benzene rings is 1. The van der Waals surface area contributed by atoms with Gasteiger partial charge in [-0.3, -0.25) is 14.9 Å². The van der Waals surface area contributed by atoms with Crippen molar-refractivity contribution in [2.75, 3.05) is 13.7 Å². The highest BCUT2D eigenvalue weighted by atomic mass is 16.6. The van der Waals surface area contributed by atoms with Crippen molar-refractivity contribution in [3.05, 3.63) is 33.9 Å². The standard InChI is InChI=1S/C12H12N2O4/c1-9(15)13-5-3-4-10-6-11(14(16)17)8-12(7-10)18-2/h6-8H,5H2,1-2H3,(H,13,15). The van der Waals surface area contributed by atoms with Crippen molar-refractivity contribution < 1.29 is 14.5 Å². The molecule has 0 spiro atoms. The molecule has 1 N–H and O–H groups in total. The fourth-order valence-corrected chi connectivity index (χ4v) is 1.19. The summed E-state index contributed by atoms with van der Waals surface area (Å²) in [4.78, 5) is 20.8. The summed E-state index contributed by atoms with van der Waals surface area (Å²) in [6.45, 7) is 1.58. The maximum absolute atomic E-state index is 10.7. The Morgan fingerprint density at radius 2 is 2.22 bits per heavy atom. The molecular weight excluding hydrogens is 236 g/mol. The molecule has 0 unspecified atom stereocenters. The van der Waals surface area contributed by atoms with Crippen LogP contribution in [0.5, 0.6) is 5.75 Å². The number of ether oxygens (including phenoxy) is 1. The molecule has 1 rings (SSSR count). The topological polar surface area (TPSA) is 81.5 Å². The molecule has 0 saturated carbocycles. The zero-order valence-electron chi connectivity index (χ0n) is 10.0. The van der Waals surface area contributed by atoms with Gasteiger partial charge in [0, 0.05) is 18.6 Å². The minimum Gasteiger partial charge on any atom is -0.496 e. The number of nitrogens with one attached hydrogen (secondary N) is 1. The number of carbonyl (C=O) groups excluding carboxylic acids is 1. The first kappa shape index (κ1) is 13.5. The summed E-state index contributed by atoms with van der Waals surface area (Å²) in [5.74, 6) is 5.60. The lowest BCUT2D eigenvalue weighted by Crippen LogP contribution is -2.19. The number of nitro benzene ring substituents is 1. The van der Waals surface area contributed by atoms with Gasteiger partial charge in [0.15, 0.2) is 0 Å². The van der Waals surface area contributed by atoms with Crippen LogP contribution in [0.3, 0.4) is 0 Å². The number of hydrogen-bond acceptors (Lipinski definition) is 4. The van der Waals surface area contributed by atoms with Gasteiger partial charge in [-0.2, -0.15) is 0 Å². The average molecular weight is 248 g/mol. The van der Waals surface area contributed by atoms with Crippen LogP contribution in [-0.4, -0.2) is 24.5 Å². The first-order chi connectivity index (χ1) is 8.52. The van der Waals surface area contributed by atoms with Crippen LogP contribution in [0.4, 0.5) is 5.69 Å². The Morgan fingerprint density at radius 1 is 1.50 bits per heavy atom. The minimum atomic E-state index is -0.512. The number of nitro groups is 1. The van der Waals surface area contributed by atoms with Gasteiger partial charge in [-0.15, -0.1) is 0 Å². The van der Waals surface area contributed by atoms with Crippen LogP contribution in [0, 0.1) is 22.0 Å². The normalized spacial score (nSPS) is 9.00. The van der Waals surface area contributed by atoms with Gasteiger partial charge in [-0.25, -0.2) is 0 Å². The van der Waals surface area contributed by atoms with Crippen LogP contribution in [-0.2, 0) is 4.79 Å². The Morgan fingerprint density at radius 3 is 2.78 bits per heavy atom. The Balaban J connectivity index is 2.90. The number of hydrogen-bond donors (Lipinski definition) is 1. The second-order valence-electron chi connectivity index (χ2n) is 3.39. The highest BCUT2D eigenvalue weighted by Crippen LogP contribution is 2.21. The number of carbonyl (C=O) groups is 1. The zero-order valence-corrected chi connectivity index (χ0v) is 10.0. The van der Waals surface area contributed by atoms with Crippen LogP contribution >= 0.6 is 0 Å². The SMILES string of the molecule is COc1cc(C#CCNC(C)=O)cc([N+](=O)[O-])c1. The molecule has 0 atom stereocenters. The van der Waals surface area contributed by atoms with Gasteiger partial charge >= 0.3 is 0 Å². The molecule has 0 aliphatic heterocycles. The van der Waals surface area contributed by atoms with E-state index in [2.05, 4.69) is 17.2 Å².